The monoisotopic (exact) mass is 348 g/mol. The van der Waals surface area contributed by atoms with Crippen molar-refractivity contribution in [3.05, 3.63) is 35.4 Å². The number of hydrogen-bond acceptors (Lipinski definition) is 4. The van der Waals surface area contributed by atoms with Crippen molar-refractivity contribution in [3.8, 4) is 0 Å². The van der Waals surface area contributed by atoms with E-state index in [0.717, 1.165) is 18.5 Å². The summed E-state index contributed by atoms with van der Waals surface area (Å²) >= 11 is 0. The second kappa shape index (κ2) is 8.82. The van der Waals surface area contributed by atoms with E-state index in [9.17, 15) is 14.7 Å². The third-order valence-corrected chi connectivity index (χ3v) is 4.37. The van der Waals surface area contributed by atoms with Gasteiger partial charge in [0.2, 0.25) is 5.91 Å². The summed E-state index contributed by atoms with van der Waals surface area (Å²) in [5.74, 6) is -0.725. The molecule has 0 spiro atoms. The molecule has 2 rings (SSSR count). The summed E-state index contributed by atoms with van der Waals surface area (Å²) in [5.41, 5.74) is 7.58. The van der Waals surface area contributed by atoms with Gasteiger partial charge < -0.3 is 26.0 Å². The van der Waals surface area contributed by atoms with Gasteiger partial charge in [-0.05, 0) is 31.6 Å². The smallest absolute Gasteiger partial charge is 0.317 e. The molecule has 1 aromatic rings. The number of carbonyl (C=O) groups excluding carboxylic acids is 2. The summed E-state index contributed by atoms with van der Waals surface area (Å²) in [6.07, 6.45) is 0.154. The lowest BCUT2D eigenvalue weighted by atomic mass is 10.0. The molecule has 2 atom stereocenters. The molecule has 0 saturated carbocycles. The Morgan fingerprint density at radius 2 is 1.88 bits per heavy atom. The Hall–Kier alpha value is -2.12. The number of primary amides is 1. The molecule has 7 heteroatoms. The SMILES string of the molecule is CN(C)Cc1ccc(CCNC(=O)N2C[C@@H](CC(N)=O)[C@H](O)C2)cc1. The number of nitrogens with one attached hydrogen (secondary N) is 1. The Labute approximate surface area is 148 Å². The van der Waals surface area contributed by atoms with Crippen LogP contribution in [0.2, 0.25) is 0 Å². The minimum atomic E-state index is -0.692. The van der Waals surface area contributed by atoms with Gasteiger partial charge in [0.15, 0.2) is 0 Å². The predicted octanol–water partition coefficient (Wildman–Crippen LogP) is 0.168. The molecule has 0 radical (unpaired) electrons. The van der Waals surface area contributed by atoms with Gasteiger partial charge in [-0.1, -0.05) is 24.3 Å². The molecule has 4 N–H and O–H groups in total. The Kier molecular flexibility index (Phi) is 6.78. The lowest BCUT2D eigenvalue weighted by Crippen LogP contribution is -2.39. The molecule has 138 valence electrons. The minimum Gasteiger partial charge on any atom is -0.391 e. The molecule has 25 heavy (non-hydrogen) atoms. The first kappa shape index (κ1) is 19.2. The Bertz CT molecular complexity index is 588. The molecule has 1 aromatic carbocycles. The van der Waals surface area contributed by atoms with Crippen LogP contribution < -0.4 is 11.1 Å². The molecule has 0 unspecified atom stereocenters. The van der Waals surface area contributed by atoms with Crippen molar-refractivity contribution in [2.45, 2.75) is 25.5 Å². The van der Waals surface area contributed by atoms with Crippen LogP contribution >= 0.6 is 0 Å². The highest BCUT2D eigenvalue weighted by Gasteiger charge is 2.34. The highest BCUT2D eigenvalue weighted by molar-refractivity contribution is 5.76. The van der Waals surface area contributed by atoms with E-state index < -0.39 is 12.0 Å². The van der Waals surface area contributed by atoms with Crippen molar-refractivity contribution in [2.24, 2.45) is 11.7 Å². The third-order valence-electron chi connectivity index (χ3n) is 4.37. The molecule has 3 amide bonds. The molecule has 0 bridgehead atoms. The number of nitrogens with two attached hydrogens (primary N) is 1. The maximum atomic E-state index is 12.2. The molecular formula is C18H28N4O3. The lowest BCUT2D eigenvalue weighted by molar-refractivity contribution is -0.119. The zero-order valence-corrected chi connectivity index (χ0v) is 14.9. The fraction of sp³-hybridized carbons (Fsp3) is 0.556. The predicted molar refractivity (Wildman–Crippen MR) is 95.8 cm³/mol. The van der Waals surface area contributed by atoms with Crippen LogP contribution in [0.5, 0.6) is 0 Å². The van der Waals surface area contributed by atoms with Crippen molar-refractivity contribution in [3.63, 3.8) is 0 Å². The van der Waals surface area contributed by atoms with Gasteiger partial charge in [0, 0.05) is 38.5 Å². The number of aliphatic hydroxyl groups is 1. The fourth-order valence-electron chi connectivity index (χ4n) is 3.08. The van der Waals surface area contributed by atoms with Crippen molar-refractivity contribution >= 4 is 11.9 Å². The number of benzene rings is 1. The van der Waals surface area contributed by atoms with Gasteiger partial charge in [0.1, 0.15) is 0 Å². The number of nitrogens with zero attached hydrogens (tertiary/aromatic N) is 2. The Morgan fingerprint density at radius 3 is 2.48 bits per heavy atom. The van der Waals surface area contributed by atoms with E-state index in [1.54, 1.807) is 4.90 Å². The van der Waals surface area contributed by atoms with E-state index in [-0.39, 0.29) is 24.9 Å². The van der Waals surface area contributed by atoms with E-state index in [2.05, 4.69) is 34.5 Å². The number of likely N-dealkylation sites (tertiary alicyclic amines) is 1. The summed E-state index contributed by atoms with van der Waals surface area (Å²) < 4.78 is 0. The summed E-state index contributed by atoms with van der Waals surface area (Å²) in [6, 6.07) is 8.14. The summed E-state index contributed by atoms with van der Waals surface area (Å²) in [4.78, 5) is 26.8. The van der Waals surface area contributed by atoms with E-state index in [1.165, 1.54) is 5.56 Å². The van der Waals surface area contributed by atoms with E-state index in [0.29, 0.717) is 13.1 Å². The normalized spacial score (nSPS) is 20.1. The zero-order valence-electron chi connectivity index (χ0n) is 14.9. The van der Waals surface area contributed by atoms with Crippen LogP contribution in [0, 0.1) is 5.92 Å². The average molecular weight is 348 g/mol. The van der Waals surface area contributed by atoms with Gasteiger partial charge in [-0.3, -0.25) is 4.79 Å². The van der Waals surface area contributed by atoms with Crippen molar-refractivity contribution in [1.82, 2.24) is 15.1 Å². The number of aliphatic hydroxyl groups excluding tert-OH is 1. The minimum absolute atomic E-state index is 0.101. The van der Waals surface area contributed by atoms with Crippen LogP contribution in [0.4, 0.5) is 4.79 Å². The first-order valence-electron chi connectivity index (χ1n) is 8.57. The quantitative estimate of drug-likeness (QED) is 0.654. The van der Waals surface area contributed by atoms with Crippen molar-refractivity contribution in [1.29, 1.82) is 0 Å². The van der Waals surface area contributed by atoms with Crippen LogP contribution in [0.3, 0.4) is 0 Å². The standard InChI is InChI=1S/C18H28N4O3/c1-21(2)10-14-5-3-13(4-6-14)7-8-20-18(25)22-11-15(9-17(19)24)16(23)12-22/h3-6,15-16,23H,7-12H2,1-2H3,(H2,19,24)(H,20,25)/t15-,16-/m1/s1. The molecule has 1 saturated heterocycles. The number of urea groups is 1. The van der Waals surface area contributed by atoms with Crippen molar-refractivity contribution in [2.75, 3.05) is 33.7 Å². The van der Waals surface area contributed by atoms with Gasteiger partial charge in [-0.15, -0.1) is 0 Å². The Balaban J connectivity index is 1.74. The van der Waals surface area contributed by atoms with E-state index in [1.807, 2.05) is 14.1 Å². The molecular weight excluding hydrogens is 320 g/mol. The molecule has 0 aliphatic carbocycles. The van der Waals surface area contributed by atoms with Gasteiger partial charge in [-0.25, -0.2) is 4.79 Å². The van der Waals surface area contributed by atoms with Crippen LogP contribution in [0.1, 0.15) is 17.5 Å². The number of hydrogen-bond donors (Lipinski definition) is 3. The van der Waals surface area contributed by atoms with Crippen molar-refractivity contribution < 1.29 is 14.7 Å². The second-order valence-electron chi connectivity index (χ2n) is 6.94. The highest BCUT2D eigenvalue weighted by atomic mass is 16.3. The third kappa shape index (κ3) is 6.03. The average Bonchev–Trinajstić information content (AvgIpc) is 2.89. The first-order valence-corrected chi connectivity index (χ1v) is 8.57. The summed E-state index contributed by atoms with van der Waals surface area (Å²) in [5, 5.41) is 12.8. The molecule has 1 aliphatic heterocycles. The number of β-amino-alcohol motifs (C(OH)–C–C–N with tert-alkyl or cyclic N) is 1. The topological polar surface area (TPSA) is 98.9 Å². The molecule has 0 aromatic heterocycles. The van der Waals surface area contributed by atoms with Gasteiger partial charge in [0.05, 0.1) is 6.10 Å². The van der Waals surface area contributed by atoms with Gasteiger partial charge >= 0.3 is 6.03 Å². The number of carbonyl (C=O) groups is 2. The number of amides is 3. The molecule has 1 aliphatic rings. The van der Waals surface area contributed by atoms with Gasteiger partial charge in [-0.2, -0.15) is 0 Å². The first-order chi connectivity index (χ1) is 11.8. The maximum Gasteiger partial charge on any atom is 0.317 e. The fourth-order valence-corrected chi connectivity index (χ4v) is 3.08. The largest absolute Gasteiger partial charge is 0.391 e. The van der Waals surface area contributed by atoms with Crippen LogP contribution in [-0.4, -0.2) is 66.7 Å². The van der Waals surface area contributed by atoms with E-state index >= 15 is 0 Å². The van der Waals surface area contributed by atoms with Gasteiger partial charge in [0.25, 0.3) is 0 Å². The molecule has 1 fully saturated rings. The summed E-state index contributed by atoms with van der Waals surface area (Å²) in [7, 11) is 4.07. The molecule has 1 heterocycles. The summed E-state index contributed by atoms with van der Waals surface area (Å²) in [6.45, 7) is 2.03. The number of rotatable bonds is 7. The zero-order chi connectivity index (χ0) is 18.4. The lowest BCUT2D eigenvalue weighted by Gasteiger charge is -2.17. The Morgan fingerprint density at radius 1 is 1.24 bits per heavy atom. The second-order valence-corrected chi connectivity index (χ2v) is 6.94. The highest BCUT2D eigenvalue weighted by Crippen LogP contribution is 2.20. The van der Waals surface area contributed by atoms with Crippen LogP contribution in [-0.2, 0) is 17.8 Å². The van der Waals surface area contributed by atoms with Crippen LogP contribution in [0.15, 0.2) is 24.3 Å². The molecule has 7 nitrogen and oxygen atoms in total. The maximum absolute atomic E-state index is 12.2. The van der Waals surface area contributed by atoms with E-state index in [4.69, 9.17) is 5.73 Å². The van der Waals surface area contributed by atoms with Crippen LogP contribution in [0.25, 0.3) is 0 Å².